The van der Waals surface area contributed by atoms with Crippen molar-refractivity contribution in [2.24, 2.45) is 0 Å². The number of carbonyl (C=O) groups is 2. The summed E-state index contributed by atoms with van der Waals surface area (Å²) in [4.78, 5) is 34.2. The molecule has 0 unspecified atom stereocenters. The molecule has 1 heterocycles. The summed E-state index contributed by atoms with van der Waals surface area (Å²) in [6.45, 7) is 15.3. The van der Waals surface area contributed by atoms with Crippen LogP contribution in [0, 0.1) is 13.8 Å². The number of carbonyl (C=O) groups excluding carboxylic acids is 2. The molecule has 0 saturated carbocycles. The number of hydrogen-bond acceptors (Lipinski definition) is 6. The quantitative estimate of drug-likeness (QED) is 0.185. The van der Waals surface area contributed by atoms with Crippen LogP contribution in [0.3, 0.4) is 0 Å². The predicted octanol–water partition coefficient (Wildman–Crippen LogP) is 6.31. The first-order chi connectivity index (χ1) is 17.6. The lowest BCUT2D eigenvalue weighted by Crippen LogP contribution is -2.28. The third-order valence-electron chi connectivity index (χ3n) is 7.09. The summed E-state index contributed by atoms with van der Waals surface area (Å²) in [6.07, 6.45) is 2.70. The fraction of sp³-hybridized carbons (Fsp3) is 0.355. The molecule has 6 heteroatoms. The zero-order valence-electron chi connectivity index (χ0n) is 22.1. The molecule has 0 bridgehead atoms. The number of esters is 2. The maximum absolute atomic E-state index is 12.0. The van der Waals surface area contributed by atoms with Crippen LogP contribution in [0.2, 0.25) is 0 Å². The van der Waals surface area contributed by atoms with Gasteiger partial charge in [-0.3, -0.25) is 0 Å². The molecule has 0 amide bonds. The highest BCUT2D eigenvalue weighted by Crippen LogP contribution is 2.52. The molecule has 4 rings (SSSR count). The molecule has 0 aliphatic heterocycles. The number of fused-ring (bicyclic) bond motifs is 4. The summed E-state index contributed by atoms with van der Waals surface area (Å²) in [5.74, 6) is -0.769. The Hall–Kier alpha value is -3.80. The maximum Gasteiger partial charge on any atom is 0.333 e. The summed E-state index contributed by atoms with van der Waals surface area (Å²) in [6, 6.07) is 12.5. The normalized spacial score (nSPS) is 13.1. The lowest BCUT2D eigenvalue weighted by molar-refractivity contribution is -0.139. The fourth-order valence-corrected chi connectivity index (χ4v) is 5.02. The highest BCUT2D eigenvalue weighted by Gasteiger charge is 2.45. The minimum absolute atomic E-state index is 0.287. The van der Waals surface area contributed by atoms with Crippen LogP contribution in [0.4, 0.5) is 0 Å². The molecule has 1 aliphatic carbocycles. The molecule has 1 aromatic heterocycles. The Bertz CT molecular complexity index is 1370. The fourth-order valence-electron chi connectivity index (χ4n) is 5.02. The van der Waals surface area contributed by atoms with Gasteiger partial charge in [-0.1, -0.05) is 37.4 Å². The molecule has 0 N–H and O–H groups in total. The average molecular weight is 499 g/mol. The molecule has 1 aliphatic rings. The van der Waals surface area contributed by atoms with Crippen molar-refractivity contribution in [3.8, 4) is 11.3 Å². The van der Waals surface area contributed by atoms with Gasteiger partial charge in [-0.2, -0.15) is 0 Å². The molecule has 192 valence electrons. The molecule has 2 aromatic carbocycles. The lowest BCUT2D eigenvalue weighted by Gasteiger charge is -2.31. The topological polar surface area (TPSA) is 78.4 Å². The van der Waals surface area contributed by atoms with Crippen molar-refractivity contribution in [3.05, 3.63) is 83.1 Å². The first kappa shape index (κ1) is 26.3. The molecule has 0 saturated heterocycles. The second-order valence-corrected chi connectivity index (χ2v) is 10.0. The highest BCUT2D eigenvalue weighted by atomic mass is 16.5. The van der Waals surface area contributed by atoms with Gasteiger partial charge < -0.3 is 9.47 Å². The average Bonchev–Trinajstić information content (AvgIpc) is 3.12. The standard InChI is InChI=1S/C31H34N2O4/c1-19(2)29(34)36-15-9-13-31(14-10-16-37-30(35)20(3)4)24-12-8-7-11-23(24)27-28(31)33-26-18-22(6)21(5)17-25(26)32-27/h7-8,11-12,17-18H,1,3,9-10,13-16H2,2,4-6H3. The van der Waals surface area contributed by atoms with E-state index in [0.717, 1.165) is 33.5 Å². The number of nitrogens with zero attached hydrogens (tertiary/aromatic N) is 2. The van der Waals surface area contributed by atoms with Crippen molar-refractivity contribution < 1.29 is 19.1 Å². The SMILES string of the molecule is C=C(C)C(=O)OCCCC1(CCCOC(=O)C(=C)C)c2ccccc2-c2nc3cc(C)c(C)cc3nc21. The third kappa shape index (κ3) is 5.19. The van der Waals surface area contributed by atoms with E-state index in [1.807, 2.05) is 12.1 Å². The zero-order chi connectivity index (χ0) is 26.7. The van der Waals surface area contributed by atoms with Crippen LogP contribution in [0.25, 0.3) is 22.3 Å². The molecule has 3 aromatic rings. The third-order valence-corrected chi connectivity index (χ3v) is 7.09. The smallest absolute Gasteiger partial charge is 0.333 e. The van der Waals surface area contributed by atoms with Crippen molar-refractivity contribution in [2.75, 3.05) is 13.2 Å². The van der Waals surface area contributed by atoms with E-state index < -0.39 is 5.41 Å². The number of benzene rings is 2. The van der Waals surface area contributed by atoms with Crippen LogP contribution in [-0.2, 0) is 24.5 Å². The number of hydrogen-bond donors (Lipinski definition) is 0. The van der Waals surface area contributed by atoms with Gasteiger partial charge in [0.25, 0.3) is 0 Å². The second-order valence-electron chi connectivity index (χ2n) is 10.0. The van der Waals surface area contributed by atoms with Gasteiger partial charge in [0, 0.05) is 22.1 Å². The molecule has 0 atom stereocenters. The van der Waals surface area contributed by atoms with Gasteiger partial charge in [-0.25, -0.2) is 19.6 Å². The van der Waals surface area contributed by atoms with E-state index >= 15 is 0 Å². The monoisotopic (exact) mass is 498 g/mol. The van der Waals surface area contributed by atoms with Crippen molar-refractivity contribution in [2.45, 2.75) is 58.8 Å². The number of aromatic nitrogens is 2. The summed E-state index contributed by atoms with van der Waals surface area (Å²) in [7, 11) is 0. The maximum atomic E-state index is 12.0. The molecule has 0 spiro atoms. The summed E-state index contributed by atoms with van der Waals surface area (Å²) in [5, 5.41) is 0. The summed E-state index contributed by atoms with van der Waals surface area (Å²) < 4.78 is 10.8. The Labute approximate surface area is 218 Å². The predicted molar refractivity (Wildman–Crippen MR) is 145 cm³/mol. The van der Waals surface area contributed by atoms with Gasteiger partial charge in [0.1, 0.15) is 0 Å². The van der Waals surface area contributed by atoms with Crippen molar-refractivity contribution in [1.29, 1.82) is 0 Å². The van der Waals surface area contributed by atoms with Crippen molar-refractivity contribution in [1.82, 2.24) is 9.97 Å². The van der Waals surface area contributed by atoms with Crippen LogP contribution in [-0.4, -0.2) is 35.1 Å². The lowest BCUT2D eigenvalue weighted by atomic mass is 9.73. The van der Waals surface area contributed by atoms with E-state index in [1.54, 1.807) is 13.8 Å². The van der Waals surface area contributed by atoms with Gasteiger partial charge in [-0.15, -0.1) is 0 Å². The van der Waals surface area contributed by atoms with E-state index in [1.165, 1.54) is 11.1 Å². The van der Waals surface area contributed by atoms with Crippen molar-refractivity contribution in [3.63, 3.8) is 0 Å². The van der Waals surface area contributed by atoms with E-state index in [0.29, 0.717) is 36.8 Å². The van der Waals surface area contributed by atoms with E-state index in [9.17, 15) is 9.59 Å². The van der Waals surface area contributed by atoms with E-state index in [2.05, 4.69) is 51.3 Å². The van der Waals surface area contributed by atoms with Crippen LogP contribution < -0.4 is 0 Å². The summed E-state index contributed by atoms with van der Waals surface area (Å²) >= 11 is 0. The van der Waals surface area contributed by atoms with Crippen LogP contribution >= 0.6 is 0 Å². The molecule has 6 nitrogen and oxygen atoms in total. The zero-order valence-corrected chi connectivity index (χ0v) is 22.1. The highest BCUT2D eigenvalue weighted by molar-refractivity contribution is 5.87. The largest absolute Gasteiger partial charge is 0.462 e. The Kier molecular flexibility index (Phi) is 7.58. The Balaban J connectivity index is 1.74. The van der Waals surface area contributed by atoms with Crippen molar-refractivity contribution >= 4 is 23.0 Å². The molecule has 37 heavy (non-hydrogen) atoms. The van der Waals surface area contributed by atoms with Crippen LogP contribution in [0.5, 0.6) is 0 Å². The molecule has 0 fully saturated rings. The van der Waals surface area contributed by atoms with Gasteiger partial charge in [0.15, 0.2) is 0 Å². The number of ether oxygens (including phenoxy) is 2. The first-order valence-electron chi connectivity index (χ1n) is 12.7. The van der Waals surface area contributed by atoms with Crippen LogP contribution in [0.1, 0.15) is 61.9 Å². The van der Waals surface area contributed by atoms with Crippen LogP contribution in [0.15, 0.2) is 60.7 Å². The number of rotatable bonds is 10. The van der Waals surface area contributed by atoms with E-state index in [-0.39, 0.29) is 25.2 Å². The minimum atomic E-state index is -0.447. The Morgan fingerprint density at radius 2 is 1.35 bits per heavy atom. The van der Waals surface area contributed by atoms with E-state index in [4.69, 9.17) is 19.4 Å². The van der Waals surface area contributed by atoms with Gasteiger partial charge in [-0.05, 0) is 82.2 Å². The first-order valence-corrected chi connectivity index (χ1v) is 12.7. The minimum Gasteiger partial charge on any atom is -0.462 e. The van der Waals surface area contributed by atoms with Gasteiger partial charge in [0.2, 0.25) is 0 Å². The molecular formula is C31H34N2O4. The van der Waals surface area contributed by atoms with Gasteiger partial charge in [0.05, 0.1) is 35.6 Å². The second kappa shape index (κ2) is 10.7. The number of aryl methyl sites for hydroxylation is 2. The molecule has 0 radical (unpaired) electrons. The summed E-state index contributed by atoms with van der Waals surface area (Å²) in [5.41, 5.74) is 8.46. The Morgan fingerprint density at radius 1 is 0.838 bits per heavy atom. The molecular weight excluding hydrogens is 464 g/mol. The Morgan fingerprint density at radius 3 is 1.89 bits per heavy atom. The van der Waals surface area contributed by atoms with Gasteiger partial charge >= 0.3 is 11.9 Å².